The van der Waals surface area contributed by atoms with Gasteiger partial charge in [-0.1, -0.05) is 6.07 Å². The van der Waals surface area contributed by atoms with Gasteiger partial charge in [0, 0.05) is 41.6 Å². The van der Waals surface area contributed by atoms with E-state index in [0.29, 0.717) is 25.7 Å². The second kappa shape index (κ2) is 7.81. The normalized spacial score (nSPS) is 16.0. The van der Waals surface area contributed by atoms with Gasteiger partial charge in [-0.3, -0.25) is 5.41 Å². The van der Waals surface area contributed by atoms with Crippen molar-refractivity contribution < 1.29 is 9.47 Å². The summed E-state index contributed by atoms with van der Waals surface area (Å²) in [7, 11) is 0. The first-order valence-corrected chi connectivity index (χ1v) is 11.0. The number of thiazole rings is 1. The Balaban J connectivity index is 1.50. The molecule has 0 radical (unpaired) electrons. The highest BCUT2D eigenvalue weighted by Gasteiger charge is 2.24. The van der Waals surface area contributed by atoms with Crippen molar-refractivity contribution in [3.8, 4) is 27.8 Å². The van der Waals surface area contributed by atoms with Crippen molar-refractivity contribution in [2.24, 2.45) is 0 Å². The molecule has 0 unspecified atom stereocenters. The fourth-order valence-electron chi connectivity index (χ4n) is 3.82. The lowest BCUT2D eigenvalue weighted by Crippen LogP contribution is -2.40. The van der Waals surface area contributed by atoms with E-state index < -0.39 is 0 Å². The van der Waals surface area contributed by atoms with Crippen LogP contribution < -0.4 is 4.74 Å². The maximum atomic E-state index is 8.59. The lowest BCUT2D eigenvalue weighted by atomic mass is 10.1. The summed E-state index contributed by atoms with van der Waals surface area (Å²) in [5.74, 6) is 2.10. The summed E-state index contributed by atoms with van der Waals surface area (Å²) in [6, 6.07) is 6.21. The minimum Gasteiger partial charge on any atom is -0.492 e. The van der Waals surface area contributed by atoms with Gasteiger partial charge in [0.1, 0.15) is 17.9 Å². The fraction of sp³-hybridized carbons (Fsp3) is 0.429. The van der Waals surface area contributed by atoms with Crippen LogP contribution in [0.4, 0.5) is 0 Å². The van der Waals surface area contributed by atoms with Crippen LogP contribution in [0.25, 0.3) is 22.1 Å². The molecule has 0 spiro atoms. The van der Waals surface area contributed by atoms with E-state index >= 15 is 0 Å². The van der Waals surface area contributed by atoms with Crippen molar-refractivity contribution in [3.05, 3.63) is 35.0 Å². The predicted molar refractivity (Wildman–Crippen MR) is 115 cm³/mol. The molecule has 2 aromatic heterocycles. The molecule has 1 fully saturated rings. The topological polar surface area (TPSA) is 89.2 Å². The molecule has 9 heteroatoms. The zero-order valence-corrected chi connectivity index (χ0v) is 17.9. The van der Waals surface area contributed by atoms with Gasteiger partial charge in [-0.15, -0.1) is 11.3 Å². The average Bonchev–Trinajstić information content (AvgIpc) is 3.38. The smallest absolute Gasteiger partial charge is 0.187 e. The number of nitrogens with zero attached hydrogens (tertiary/aromatic N) is 5. The van der Waals surface area contributed by atoms with Gasteiger partial charge in [-0.25, -0.2) is 14.6 Å². The van der Waals surface area contributed by atoms with E-state index in [1.54, 1.807) is 17.7 Å². The van der Waals surface area contributed by atoms with Crippen molar-refractivity contribution in [2.75, 3.05) is 32.9 Å². The Hall–Kier alpha value is -2.78. The van der Waals surface area contributed by atoms with Gasteiger partial charge >= 0.3 is 0 Å². The van der Waals surface area contributed by atoms with Gasteiger partial charge in [0.15, 0.2) is 10.8 Å². The lowest BCUT2D eigenvalue weighted by Gasteiger charge is -2.29. The molecule has 1 saturated heterocycles. The molecule has 1 N–H and O–H groups in total. The summed E-state index contributed by atoms with van der Waals surface area (Å²) >= 11 is 1.66. The van der Waals surface area contributed by atoms with Crippen LogP contribution in [0.5, 0.6) is 5.75 Å². The van der Waals surface area contributed by atoms with Crippen LogP contribution in [-0.2, 0) is 11.2 Å². The Kier molecular flexibility index (Phi) is 5.00. The molecule has 2 aliphatic heterocycles. The molecule has 0 saturated carbocycles. The molecule has 0 bridgehead atoms. The monoisotopic (exact) mass is 424 g/mol. The van der Waals surface area contributed by atoms with E-state index in [1.165, 1.54) is 4.88 Å². The molecule has 0 aliphatic carbocycles. The van der Waals surface area contributed by atoms with Crippen LogP contribution in [0, 0.1) is 5.41 Å². The summed E-state index contributed by atoms with van der Waals surface area (Å²) in [5.41, 5.74) is 2.78. The number of aromatic nitrogens is 4. The van der Waals surface area contributed by atoms with Crippen LogP contribution in [0.1, 0.15) is 30.3 Å². The zero-order valence-electron chi connectivity index (χ0n) is 17.1. The molecular weight excluding hydrogens is 400 g/mol. The summed E-state index contributed by atoms with van der Waals surface area (Å²) < 4.78 is 13.4. The number of fused-ring (bicyclic) bond motifs is 3. The van der Waals surface area contributed by atoms with E-state index in [4.69, 9.17) is 19.9 Å². The van der Waals surface area contributed by atoms with Crippen molar-refractivity contribution in [3.63, 3.8) is 0 Å². The van der Waals surface area contributed by atoms with Crippen molar-refractivity contribution in [1.29, 1.82) is 5.41 Å². The number of rotatable bonds is 3. The summed E-state index contributed by atoms with van der Waals surface area (Å²) in [4.78, 5) is 12.6. The van der Waals surface area contributed by atoms with E-state index in [9.17, 15) is 0 Å². The van der Waals surface area contributed by atoms with E-state index in [-0.39, 0.29) is 6.04 Å². The highest BCUT2D eigenvalue weighted by atomic mass is 32.1. The molecule has 5 rings (SSSR count). The van der Waals surface area contributed by atoms with Gasteiger partial charge in [-0.05, 0) is 26.0 Å². The minimum absolute atomic E-state index is 0.218. The number of hydrogen-bond donors (Lipinski definition) is 1. The summed E-state index contributed by atoms with van der Waals surface area (Å²) in [6.07, 6.45) is 2.39. The van der Waals surface area contributed by atoms with E-state index in [0.717, 1.165) is 52.9 Å². The van der Waals surface area contributed by atoms with Gasteiger partial charge in [0.2, 0.25) is 0 Å². The Morgan fingerprint density at radius 2 is 2.03 bits per heavy atom. The first-order chi connectivity index (χ1) is 14.6. The number of morpholine rings is 1. The predicted octanol–water partition coefficient (Wildman–Crippen LogP) is 3.24. The molecule has 8 nitrogen and oxygen atoms in total. The van der Waals surface area contributed by atoms with Gasteiger partial charge in [0.25, 0.3) is 0 Å². The molecule has 156 valence electrons. The average molecular weight is 425 g/mol. The second-order valence-electron chi connectivity index (χ2n) is 7.67. The van der Waals surface area contributed by atoms with Crippen LogP contribution >= 0.6 is 11.3 Å². The summed E-state index contributed by atoms with van der Waals surface area (Å²) in [6.45, 7) is 7.58. The highest BCUT2D eigenvalue weighted by Crippen LogP contribution is 2.40. The van der Waals surface area contributed by atoms with Crippen molar-refractivity contribution >= 4 is 17.2 Å². The fourth-order valence-corrected chi connectivity index (χ4v) is 4.86. The number of benzene rings is 1. The molecule has 3 aromatic rings. The Morgan fingerprint density at radius 3 is 2.83 bits per heavy atom. The number of nitrogens with one attached hydrogen (secondary N) is 1. The lowest BCUT2D eigenvalue weighted by molar-refractivity contribution is 0.0680. The van der Waals surface area contributed by atoms with Gasteiger partial charge < -0.3 is 14.4 Å². The van der Waals surface area contributed by atoms with Crippen LogP contribution in [-0.4, -0.2) is 63.4 Å². The van der Waals surface area contributed by atoms with Crippen molar-refractivity contribution in [1.82, 2.24) is 24.6 Å². The summed E-state index contributed by atoms with van der Waals surface area (Å²) in [5, 5.41) is 13.8. The van der Waals surface area contributed by atoms with E-state index in [2.05, 4.69) is 23.9 Å². The molecular formula is C21H24N6O2S. The van der Waals surface area contributed by atoms with Crippen LogP contribution in [0.15, 0.2) is 24.5 Å². The first kappa shape index (κ1) is 19.2. The van der Waals surface area contributed by atoms with E-state index in [1.807, 2.05) is 27.8 Å². The Bertz CT molecular complexity index is 1080. The molecule has 1 aromatic carbocycles. The number of amidine groups is 1. The van der Waals surface area contributed by atoms with Gasteiger partial charge in [0.05, 0.1) is 25.5 Å². The zero-order chi connectivity index (χ0) is 20.7. The Labute approximate surface area is 179 Å². The third kappa shape index (κ3) is 3.37. The molecule has 0 amide bonds. The van der Waals surface area contributed by atoms with Gasteiger partial charge in [-0.2, -0.15) is 5.10 Å². The number of hydrogen-bond acceptors (Lipinski definition) is 7. The highest BCUT2D eigenvalue weighted by molar-refractivity contribution is 7.15. The number of ether oxygens (including phenoxy) is 2. The quantitative estimate of drug-likeness (QED) is 0.513. The second-order valence-corrected chi connectivity index (χ2v) is 8.75. The minimum atomic E-state index is 0.218. The first-order valence-electron chi connectivity index (χ1n) is 10.2. The molecule has 2 aliphatic rings. The SMILES string of the molecule is CC(C)n1ncnc1-c1nc2c(s1)CCOc1cc(C(=N)N3CCOCC3)ccc1-2. The molecule has 0 atom stereocenters. The Morgan fingerprint density at radius 1 is 1.20 bits per heavy atom. The van der Waals surface area contributed by atoms with Crippen LogP contribution in [0.2, 0.25) is 0 Å². The molecule has 30 heavy (non-hydrogen) atoms. The third-order valence-corrected chi connectivity index (χ3v) is 6.49. The van der Waals surface area contributed by atoms with Crippen molar-refractivity contribution in [2.45, 2.75) is 26.3 Å². The molecule has 4 heterocycles. The largest absolute Gasteiger partial charge is 0.492 e. The maximum Gasteiger partial charge on any atom is 0.187 e. The maximum absolute atomic E-state index is 8.59. The van der Waals surface area contributed by atoms with Crippen LogP contribution in [0.3, 0.4) is 0 Å². The standard InChI is InChI=1S/C21H24N6O2S/c1-13(2)27-20(23-12-24-27)21-25-18-15-4-3-14(19(22)26-6-9-28-10-7-26)11-16(15)29-8-5-17(18)30-21/h3-4,11-13,22H,5-10H2,1-2H3. The third-order valence-electron chi connectivity index (χ3n) is 5.38.